The van der Waals surface area contributed by atoms with Gasteiger partial charge in [0.25, 0.3) is 0 Å². The van der Waals surface area contributed by atoms with Gasteiger partial charge in [-0.15, -0.1) is 11.8 Å². The van der Waals surface area contributed by atoms with E-state index < -0.39 is 0 Å². The van der Waals surface area contributed by atoms with Crippen molar-refractivity contribution in [1.82, 2.24) is 0 Å². The highest BCUT2D eigenvalue weighted by molar-refractivity contribution is 8.00. The molecule has 0 aliphatic carbocycles. The molecule has 0 saturated heterocycles. The highest BCUT2D eigenvalue weighted by atomic mass is 32.2. The van der Waals surface area contributed by atoms with Crippen molar-refractivity contribution in [3.8, 4) is 5.75 Å². The van der Waals surface area contributed by atoms with Crippen LogP contribution >= 0.6 is 11.8 Å². The summed E-state index contributed by atoms with van der Waals surface area (Å²) in [5, 5.41) is 4.07. The average molecular weight is 402 g/mol. The maximum Gasteiger partial charge on any atom is 0.119 e. The lowest BCUT2D eigenvalue weighted by Crippen LogP contribution is -2.23. The number of aryl methyl sites for hydroxylation is 1. The summed E-state index contributed by atoms with van der Waals surface area (Å²) in [5.74, 6) is 0.950. The Morgan fingerprint density at radius 3 is 2.64 bits per heavy atom. The number of ether oxygens (including phenoxy) is 3. The lowest BCUT2D eigenvalue weighted by atomic mass is 10.1. The fraction of sp³-hybridized carbons (Fsp3) is 0.478. The maximum atomic E-state index is 5.95. The first-order chi connectivity index (χ1) is 13.8. The van der Waals surface area contributed by atoms with Crippen LogP contribution in [0.15, 0.2) is 53.4 Å². The summed E-state index contributed by atoms with van der Waals surface area (Å²) in [6.07, 6.45) is 3.09. The highest BCUT2D eigenvalue weighted by Gasteiger charge is 2.18. The first kappa shape index (κ1) is 21.0. The topological polar surface area (TPSA) is 39.7 Å². The summed E-state index contributed by atoms with van der Waals surface area (Å²) in [6.45, 7) is 6.64. The van der Waals surface area contributed by atoms with Gasteiger partial charge in [0.15, 0.2) is 0 Å². The molecule has 0 fully saturated rings. The predicted octanol–water partition coefficient (Wildman–Crippen LogP) is 5.03. The molecule has 0 saturated carbocycles. The minimum Gasteiger partial charge on any atom is -0.494 e. The second-order valence-electron chi connectivity index (χ2n) is 6.81. The van der Waals surface area contributed by atoms with E-state index in [1.54, 1.807) is 0 Å². The van der Waals surface area contributed by atoms with Gasteiger partial charge in [-0.05, 0) is 56.0 Å². The van der Waals surface area contributed by atoms with Gasteiger partial charge in [-0.25, -0.2) is 0 Å². The smallest absolute Gasteiger partial charge is 0.119 e. The molecule has 1 aliphatic rings. The van der Waals surface area contributed by atoms with Crippen molar-refractivity contribution in [2.24, 2.45) is 0 Å². The standard InChI is InChI=1S/C23H31NO3S/c1-2-25-16-17-26-14-5-6-19-9-11-20(12-10-19)27-15-13-21-18-24-22-7-3-4-8-23(22)28-21/h3-4,7-12,21,24H,2,5-6,13-18H2,1H3/t21-/m0/s1. The lowest BCUT2D eigenvalue weighted by molar-refractivity contribution is 0.0520. The zero-order valence-corrected chi connectivity index (χ0v) is 17.5. The molecule has 0 spiro atoms. The van der Waals surface area contributed by atoms with Crippen molar-refractivity contribution in [3.63, 3.8) is 0 Å². The van der Waals surface area contributed by atoms with Crippen molar-refractivity contribution >= 4 is 17.4 Å². The quantitative estimate of drug-likeness (QED) is 0.505. The first-order valence-corrected chi connectivity index (χ1v) is 11.1. The summed E-state index contributed by atoms with van der Waals surface area (Å²) in [6, 6.07) is 17.0. The largest absolute Gasteiger partial charge is 0.494 e. The fourth-order valence-electron chi connectivity index (χ4n) is 3.12. The van der Waals surface area contributed by atoms with Crippen LogP contribution in [0, 0.1) is 0 Å². The van der Waals surface area contributed by atoms with Gasteiger partial charge in [0.05, 0.1) is 19.8 Å². The van der Waals surface area contributed by atoms with E-state index >= 15 is 0 Å². The molecule has 0 amide bonds. The molecule has 28 heavy (non-hydrogen) atoms. The SMILES string of the molecule is CCOCCOCCCc1ccc(OCC[C@H]2CNc3ccccc3S2)cc1. The number of benzene rings is 2. The predicted molar refractivity (Wildman–Crippen MR) is 117 cm³/mol. The van der Waals surface area contributed by atoms with E-state index in [0.29, 0.717) is 18.5 Å². The van der Waals surface area contributed by atoms with Gasteiger partial charge in [0.2, 0.25) is 0 Å². The molecule has 3 rings (SSSR count). The van der Waals surface area contributed by atoms with Gasteiger partial charge in [0, 0.05) is 35.6 Å². The molecule has 4 nitrogen and oxygen atoms in total. The van der Waals surface area contributed by atoms with Crippen LogP contribution in [0.1, 0.15) is 25.3 Å². The van der Waals surface area contributed by atoms with Crippen LogP contribution < -0.4 is 10.1 Å². The molecule has 0 bridgehead atoms. The average Bonchev–Trinajstić information content (AvgIpc) is 2.74. The van der Waals surface area contributed by atoms with Crippen molar-refractivity contribution in [2.45, 2.75) is 36.3 Å². The lowest BCUT2D eigenvalue weighted by Gasteiger charge is -2.25. The zero-order valence-electron chi connectivity index (χ0n) is 16.7. The van der Waals surface area contributed by atoms with Crippen LogP contribution in [0.5, 0.6) is 5.75 Å². The Hall–Kier alpha value is -1.69. The van der Waals surface area contributed by atoms with Crippen molar-refractivity contribution in [2.75, 3.05) is 44.9 Å². The number of para-hydroxylation sites is 1. The molecule has 5 heteroatoms. The number of anilines is 1. The van der Waals surface area contributed by atoms with Crippen LogP contribution in [0.3, 0.4) is 0 Å². The molecule has 1 N–H and O–H groups in total. The number of hydrogen-bond donors (Lipinski definition) is 1. The van der Waals surface area contributed by atoms with Crippen molar-refractivity contribution < 1.29 is 14.2 Å². The molecule has 152 valence electrons. The van der Waals surface area contributed by atoms with Gasteiger partial charge >= 0.3 is 0 Å². The number of rotatable bonds is 12. The molecule has 0 unspecified atom stereocenters. The number of nitrogens with one attached hydrogen (secondary N) is 1. The van der Waals surface area contributed by atoms with E-state index in [9.17, 15) is 0 Å². The van der Waals surface area contributed by atoms with Crippen LogP contribution in [-0.4, -0.2) is 44.8 Å². The molecule has 2 aromatic carbocycles. The third-order valence-electron chi connectivity index (χ3n) is 4.66. The monoisotopic (exact) mass is 401 g/mol. The van der Waals surface area contributed by atoms with Crippen molar-refractivity contribution in [1.29, 1.82) is 0 Å². The van der Waals surface area contributed by atoms with E-state index in [2.05, 4.69) is 53.8 Å². The Balaban J connectivity index is 1.29. The van der Waals surface area contributed by atoms with Gasteiger partial charge in [0.1, 0.15) is 5.75 Å². The Labute approximate surface area is 173 Å². The van der Waals surface area contributed by atoms with Crippen LogP contribution in [-0.2, 0) is 15.9 Å². The Morgan fingerprint density at radius 1 is 0.964 bits per heavy atom. The number of hydrogen-bond acceptors (Lipinski definition) is 5. The van der Waals surface area contributed by atoms with E-state index in [4.69, 9.17) is 14.2 Å². The Kier molecular flexibility index (Phi) is 9.01. The molecular weight excluding hydrogens is 370 g/mol. The molecule has 1 atom stereocenters. The highest BCUT2D eigenvalue weighted by Crippen LogP contribution is 2.35. The molecule has 0 aromatic heterocycles. The Morgan fingerprint density at radius 2 is 1.79 bits per heavy atom. The third-order valence-corrected chi connectivity index (χ3v) is 6.01. The van der Waals surface area contributed by atoms with Crippen LogP contribution in [0.25, 0.3) is 0 Å². The van der Waals surface area contributed by atoms with E-state index in [1.165, 1.54) is 16.1 Å². The molecule has 1 heterocycles. The van der Waals surface area contributed by atoms with Crippen molar-refractivity contribution in [3.05, 3.63) is 54.1 Å². The molecule has 0 radical (unpaired) electrons. The molecular formula is C23H31NO3S. The zero-order chi connectivity index (χ0) is 19.4. The van der Waals surface area contributed by atoms with Gasteiger partial charge in [-0.2, -0.15) is 0 Å². The summed E-state index contributed by atoms with van der Waals surface area (Å²) in [7, 11) is 0. The second kappa shape index (κ2) is 12.0. The Bertz CT molecular complexity index is 693. The number of fused-ring (bicyclic) bond motifs is 1. The third kappa shape index (κ3) is 7.04. The number of thioether (sulfide) groups is 1. The fourth-order valence-corrected chi connectivity index (χ4v) is 4.29. The molecule has 1 aliphatic heterocycles. The van der Waals surface area contributed by atoms with Gasteiger partial charge in [-0.3, -0.25) is 0 Å². The summed E-state index contributed by atoms with van der Waals surface area (Å²) in [4.78, 5) is 1.34. The maximum absolute atomic E-state index is 5.95. The van der Waals surface area contributed by atoms with Gasteiger partial charge in [-0.1, -0.05) is 24.3 Å². The minimum atomic E-state index is 0.553. The van der Waals surface area contributed by atoms with Crippen LogP contribution in [0.2, 0.25) is 0 Å². The van der Waals surface area contributed by atoms with E-state index in [0.717, 1.165) is 51.4 Å². The molecule has 2 aromatic rings. The minimum absolute atomic E-state index is 0.553. The summed E-state index contributed by atoms with van der Waals surface area (Å²) >= 11 is 1.95. The first-order valence-electron chi connectivity index (χ1n) is 10.2. The normalized spacial score (nSPS) is 15.7. The van der Waals surface area contributed by atoms with Crippen LogP contribution in [0.4, 0.5) is 5.69 Å². The summed E-state index contributed by atoms with van der Waals surface area (Å²) < 4.78 is 16.8. The summed E-state index contributed by atoms with van der Waals surface area (Å²) in [5.41, 5.74) is 2.57. The second-order valence-corrected chi connectivity index (χ2v) is 8.15. The van der Waals surface area contributed by atoms with Gasteiger partial charge < -0.3 is 19.5 Å². The van der Waals surface area contributed by atoms with E-state index in [-0.39, 0.29) is 0 Å². The van der Waals surface area contributed by atoms with E-state index in [1.807, 2.05) is 18.7 Å².